The summed E-state index contributed by atoms with van der Waals surface area (Å²) in [5, 5.41) is 3.11. The van der Waals surface area contributed by atoms with Crippen LogP contribution in [0.15, 0.2) is 22.7 Å². The van der Waals surface area contributed by atoms with Crippen molar-refractivity contribution in [1.29, 1.82) is 0 Å². The van der Waals surface area contributed by atoms with Gasteiger partial charge >= 0.3 is 12.8 Å². The number of nitrogens with zero attached hydrogens (tertiary/aromatic N) is 1. The number of hydrogen-bond acceptors (Lipinski definition) is 5. The predicted molar refractivity (Wildman–Crippen MR) is 82.8 cm³/mol. The van der Waals surface area contributed by atoms with Crippen molar-refractivity contribution in [1.82, 2.24) is 15.3 Å². The van der Waals surface area contributed by atoms with Crippen molar-refractivity contribution >= 4 is 13.2 Å². The zero-order valence-corrected chi connectivity index (χ0v) is 13.2. The van der Waals surface area contributed by atoms with Crippen LogP contribution in [0.2, 0.25) is 0 Å². The van der Waals surface area contributed by atoms with Gasteiger partial charge in [0.15, 0.2) is 0 Å². The first-order chi connectivity index (χ1) is 9.75. The first-order valence-corrected chi connectivity index (χ1v) is 7.00. The third-order valence-electron chi connectivity index (χ3n) is 3.98. The highest BCUT2D eigenvalue weighted by Crippen LogP contribution is 2.38. The Bertz CT molecular complexity index is 559. The van der Waals surface area contributed by atoms with E-state index < -0.39 is 7.12 Å². The number of likely N-dealkylation sites (N-methyl/N-ethyl adjacent to an activating group) is 1. The van der Waals surface area contributed by atoms with E-state index in [1.165, 1.54) is 6.20 Å². The Kier molecular flexibility index (Phi) is 4.36. The van der Waals surface area contributed by atoms with E-state index in [0.717, 1.165) is 11.0 Å². The van der Waals surface area contributed by atoms with Gasteiger partial charge in [-0.05, 0) is 40.2 Å². The Morgan fingerprint density at radius 2 is 2.00 bits per heavy atom. The minimum absolute atomic E-state index is 0.363. The second kappa shape index (κ2) is 5.75. The zero-order valence-electron chi connectivity index (χ0n) is 13.2. The smallest absolute Gasteiger partial charge is 0.400 e. The average molecular weight is 291 g/mol. The topological polar surface area (TPSA) is 76.2 Å². The van der Waals surface area contributed by atoms with Crippen LogP contribution in [0.4, 0.5) is 0 Å². The van der Waals surface area contributed by atoms with Crippen LogP contribution >= 0.6 is 0 Å². The summed E-state index contributed by atoms with van der Waals surface area (Å²) in [6, 6.07) is 0. The van der Waals surface area contributed by atoms with Gasteiger partial charge in [0.05, 0.1) is 11.2 Å². The quantitative estimate of drug-likeness (QED) is 0.810. The average Bonchev–Trinajstić information content (AvgIpc) is 2.60. The van der Waals surface area contributed by atoms with E-state index in [2.05, 4.69) is 15.3 Å². The molecule has 1 aliphatic rings. The van der Waals surface area contributed by atoms with Crippen LogP contribution in [0, 0.1) is 0 Å². The first-order valence-electron chi connectivity index (χ1n) is 7.00. The molecule has 0 aromatic carbocycles. The van der Waals surface area contributed by atoms with E-state index >= 15 is 0 Å². The van der Waals surface area contributed by atoms with Crippen molar-refractivity contribution in [3.05, 3.63) is 33.9 Å². The van der Waals surface area contributed by atoms with Crippen LogP contribution in [0.25, 0.3) is 6.08 Å². The number of hydrogen-bond donors (Lipinski definition) is 2. The molecule has 1 aliphatic heterocycles. The third kappa shape index (κ3) is 3.43. The standard InChI is InChI=1S/C14H22BN3O3/c1-13(2)14(3,4)21-15(20-13)11(9-16-5)6-10-7-17-12(19)18-8-10/h6-8,16H,9H2,1-5H3,(H,17,18,19). The fraction of sp³-hybridized carbons (Fsp3) is 0.571. The number of aromatic amines is 1. The second-order valence-corrected chi connectivity index (χ2v) is 6.19. The van der Waals surface area contributed by atoms with Gasteiger partial charge in [-0.2, -0.15) is 0 Å². The van der Waals surface area contributed by atoms with Crippen molar-refractivity contribution in [2.75, 3.05) is 13.6 Å². The third-order valence-corrected chi connectivity index (χ3v) is 3.98. The van der Waals surface area contributed by atoms with Crippen molar-refractivity contribution in [2.45, 2.75) is 38.9 Å². The van der Waals surface area contributed by atoms with E-state index in [0.29, 0.717) is 6.54 Å². The fourth-order valence-electron chi connectivity index (χ4n) is 2.05. The van der Waals surface area contributed by atoms with Crippen LogP contribution in [-0.2, 0) is 9.31 Å². The predicted octanol–water partition coefficient (Wildman–Crippen LogP) is 1.00. The van der Waals surface area contributed by atoms with Gasteiger partial charge in [-0.25, -0.2) is 9.78 Å². The molecule has 2 N–H and O–H groups in total. The van der Waals surface area contributed by atoms with Crippen molar-refractivity contribution < 1.29 is 9.31 Å². The van der Waals surface area contributed by atoms with E-state index in [9.17, 15) is 4.79 Å². The van der Waals surface area contributed by atoms with Gasteiger partial charge in [0, 0.05) is 24.5 Å². The summed E-state index contributed by atoms with van der Waals surface area (Å²) in [7, 11) is 1.44. The molecule has 0 bridgehead atoms. The Morgan fingerprint density at radius 1 is 1.38 bits per heavy atom. The van der Waals surface area contributed by atoms with Crippen LogP contribution in [-0.4, -0.2) is 41.9 Å². The van der Waals surface area contributed by atoms with E-state index in [1.54, 1.807) is 6.20 Å². The number of nitrogens with one attached hydrogen (secondary N) is 2. The highest BCUT2D eigenvalue weighted by Gasteiger charge is 2.52. The molecule has 6 nitrogen and oxygen atoms in total. The summed E-state index contributed by atoms with van der Waals surface area (Å²) in [5.41, 5.74) is 0.624. The molecule has 21 heavy (non-hydrogen) atoms. The Labute approximate surface area is 125 Å². The maximum absolute atomic E-state index is 11.0. The molecule has 1 aromatic rings. The molecule has 1 aromatic heterocycles. The van der Waals surface area contributed by atoms with Gasteiger partial charge in [0.25, 0.3) is 0 Å². The highest BCUT2D eigenvalue weighted by atomic mass is 16.7. The van der Waals surface area contributed by atoms with Crippen LogP contribution in [0.1, 0.15) is 33.3 Å². The Balaban J connectivity index is 2.28. The minimum Gasteiger partial charge on any atom is -0.400 e. The van der Waals surface area contributed by atoms with Gasteiger partial charge in [0.2, 0.25) is 0 Å². The van der Waals surface area contributed by atoms with E-state index in [4.69, 9.17) is 9.31 Å². The Morgan fingerprint density at radius 3 is 2.48 bits per heavy atom. The zero-order chi connectivity index (χ0) is 15.7. The lowest BCUT2D eigenvalue weighted by Gasteiger charge is -2.32. The molecule has 2 heterocycles. The molecule has 0 aliphatic carbocycles. The molecule has 0 atom stereocenters. The number of H-pyrrole nitrogens is 1. The molecule has 7 heteroatoms. The molecule has 2 rings (SSSR count). The van der Waals surface area contributed by atoms with E-state index in [1.807, 2.05) is 40.8 Å². The monoisotopic (exact) mass is 291 g/mol. The largest absolute Gasteiger partial charge is 0.491 e. The summed E-state index contributed by atoms with van der Waals surface area (Å²) in [6.45, 7) is 8.70. The molecule has 0 amide bonds. The Hall–Kier alpha value is -1.44. The number of rotatable bonds is 4. The van der Waals surface area contributed by atoms with Gasteiger partial charge in [0.1, 0.15) is 0 Å². The first kappa shape index (κ1) is 15.9. The van der Waals surface area contributed by atoms with Crippen LogP contribution in [0.5, 0.6) is 0 Å². The molecule has 0 radical (unpaired) electrons. The van der Waals surface area contributed by atoms with Crippen molar-refractivity contribution in [3.63, 3.8) is 0 Å². The molecule has 0 unspecified atom stereocenters. The molecular formula is C14H22BN3O3. The molecule has 0 saturated carbocycles. The van der Waals surface area contributed by atoms with Gasteiger partial charge in [-0.3, -0.25) is 0 Å². The highest BCUT2D eigenvalue weighted by molar-refractivity contribution is 6.55. The van der Waals surface area contributed by atoms with Crippen LogP contribution in [0.3, 0.4) is 0 Å². The maximum atomic E-state index is 11.0. The summed E-state index contributed by atoms with van der Waals surface area (Å²) >= 11 is 0. The lowest BCUT2D eigenvalue weighted by Crippen LogP contribution is -2.41. The summed E-state index contributed by atoms with van der Waals surface area (Å²) < 4.78 is 12.1. The fourth-order valence-corrected chi connectivity index (χ4v) is 2.05. The van der Waals surface area contributed by atoms with E-state index in [-0.39, 0.29) is 16.9 Å². The maximum Gasteiger partial charge on any atom is 0.491 e. The van der Waals surface area contributed by atoms with Gasteiger partial charge in [-0.15, -0.1) is 0 Å². The molecule has 114 valence electrons. The molecule has 1 fully saturated rings. The summed E-state index contributed by atoms with van der Waals surface area (Å²) in [4.78, 5) is 17.3. The lowest BCUT2D eigenvalue weighted by molar-refractivity contribution is 0.00578. The SMILES string of the molecule is CNCC(=Cc1cnc(=O)[nH]c1)B1OC(C)(C)C(C)(C)O1. The van der Waals surface area contributed by atoms with Gasteiger partial charge < -0.3 is 19.6 Å². The minimum atomic E-state index is -0.422. The molecule has 0 spiro atoms. The normalized spacial score (nSPS) is 20.8. The second-order valence-electron chi connectivity index (χ2n) is 6.19. The van der Waals surface area contributed by atoms with Crippen LogP contribution < -0.4 is 11.0 Å². The molecular weight excluding hydrogens is 269 g/mol. The summed E-state index contributed by atoms with van der Waals surface area (Å²) in [6.07, 6.45) is 5.07. The lowest BCUT2D eigenvalue weighted by atomic mass is 9.77. The molecule has 1 saturated heterocycles. The van der Waals surface area contributed by atoms with Gasteiger partial charge in [-0.1, -0.05) is 6.08 Å². The summed E-state index contributed by atoms with van der Waals surface area (Å²) in [5.74, 6) is 0. The number of aromatic nitrogens is 2. The van der Waals surface area contributed by atoms with Crippen molar-refractivity contribution in [2.24, 2.45) is 0 Å². The van der Waals surface area contributed by atoms with Crippen molar-refractivity contribution in [3.8, 4) is 0 Å².